The summed E-state index contributed by atoms with van der Waals surface area (Å²) >= 11 is 0. The molecule has 3 saturated carbocycles. The molecule has 0 radical (unpaired) electrons. The zero-order valence-electron chi connectivity index (χ0n) is 8.96. The van der Waals surface area contributed by atoms with E-state index in [4.69, 9.17) is 0 Å². The van der Waals surface area contributed by atoms with Crippen LogP contribution in [0.5, 0.6) is 0 Å². The van der Waals surface area contributed by atoms with Gasteiger partial charge in [0.15, 0.2) is 0 Å². The van der Waals surface area contributed by atoms with Crippen LogP contribution in [0.15, 0.2) is 0 Å². The van der Waals surface area contributed by atoms with E-state index in [0.29, 0.717) is 0 Å². The van der Waals surface area contributed by atoms with E-state index in [9.17, 15) is 0 Å². The first kappa shape index (κ1) is 8.28. The third-order valence-electron chi connectivity index (χ3n) is 5.42. The van der Waals surface area contributed by atoms with E-state index in [1.165, 1.54) is 12.3 Å². The molecule has 74 valence electrons. The first-order chi connectivity index (χ1) is 6.24. The molecule has 13 heavy (non-hydrogen) atoms. The van der Waals surface area contributed by atoms with E-state index >= 15 is 0 Å². The molecule has 0 aromatic rings. The molecule has 1 nitrogen and oxygen atoms in total. The molecule has 0 spiro atoms. The molecular formula is C12H21N. The van der Waals surface area contributed by atoms with Crippen LogP contribution in [0.2, 0.25) is 0 Å². The van der Waals surface area contributed by atoms with Gasteiger partial charge in [-0.25, -0.2) is 0 Å². The van der Waals surface area contributed by atoms with Gasteiger partial charge in [-0.05, 0) is 62.3 Å². The second-order valence-electron chi connectivity index (χ2n) is 5.67. The van der Waals surface area contributed by atoms with Crippen LogP contribution in [0.1, 0.15) is 26.7 Å². The van der Waals surface area contributed by atoms with Crippen molar-refractivity contribution in [2.24, 2.45) is 35.5 Å². The van der Waals surface area contributed by atoms with Crippen molar-refractivity contribution in [3.05, 3.63) is 0 Å². The number of hydrogen-bond acceptors (Lipinski definition) is 1. The Morgan fingerprint density at radius 2 is 1.85 bits per heavy atom. The highest BCUT2D eigenvalue weighted by atomic mass is 14.9. The molecule has 3 fully saturated rings. The van der Waals surface area contributed by atoms with Crippen molar-refractivity contribution in [3.8, 4) is 0 Å². The molecule has 0 aromatic heterocycles. The van der Waals surface area contributed by atoms with Crippen LogP contribution in [-0.4, -0.2) is 13.1 Å². The minimum atomic E-state index is 0.759. The third-order valence-corrected chi connectivity index (χ3v) is 5.42. The van der Waals surface area contributed by atoms with Crippen LogP contribution < -0.4 is 5.32 Å². The van der Waals surface area contributed by atoms with E-state index in [1.54, 1.807) is 6.42 Å². The summed E-state index contributed by atoms with van der Waals surface area (Å²) in [6, 6.07) is 0.759. The van der Waals surface area contributed by atoms with Gasteiger partial charge < -0.3 is 5.32 Å². The van der Waals surface area contributed by atoms with Gasteiger partial charge in [0.05, 0.1) is 0 Å². The highest BCUT2D eigenvalue weighted by Gasteiger charge is 2.66. The first-order valence-corrected chi connectivity index (χ1v) is 5.91. The van der Waals surface area contributed by atoms with Crippen LogP contribution in [-0.2, 0) is 0 Å². The standard InChI is InChI=1S/C12H21N/c1-6-4-9-10-5-8(7(2)13-3)12(10)11(6)9/h6-13H,4-5H2,1-3H3/t6-,7?,8?,9?,10+,11?,12?/m0/s1. The van der Waals surface area contributed by atoms with Crippen molar-refractivity contribution in [3.63, 3.8) is 0 Å². The molecule has 1 heteroatoms. The lowest BCUT2D eigenvalue weighted by molar-refractivity contribution is -0.240. The summed E-state index contributed by atoms with van der Waals surface area (Å²) in [5.41, 5.74) is 0. The average Bonchev–Trinajstić information content (AvgIpc) is 2.10. The van der Waals surface area contributed by atoms with Gasteiger partial charge in [0.2, 0.25) is 0 Å². The quantitative estimate of drug-likeness (QED) is 0.685. The van der Waals surface area contributed by atoms with E-state index in [0.717, 1.165) is 35.6 Å². The summed E-state index contributed by atoms with van der Waals surface area (Å²) in [4.78, 5) is 0. The molecule has 0 bridgehead atoms. The Kier molecular flexibility index (Phi) is 1.59. The Morgan fingerprint density at radius 1 is 1.15 bits per heavy atom. The first-order valence-electron chi connectivity index (χ1n) is 5.91. The van der Waals surface area contributed by atoms with E-state index in [1.807, 2.05) is 0 Å². The average molecular weight is 179 g/mol. The van der Waals surface area contributed by atoms with Crippen molar-refractivity contribution in [1.29, 1.82) is 0 Å². The van der Waals surface area contributed by atoms with Crippen LogP contribution in [0.4, 0.5) is 0 Å². The number of rotatable bonds is 2. The van der Waals surface area contributed by atoms with Crippen molar-refractivity contribution >= 4 is 0 Å². The molecule has 0 aromatic carbocycles. The zero-order chi connectivity index (χ0) is 9.16. The second-order valence-corrected chi connectivity index (χ2v) is 5.67. The Balaban J connectivity index is 1.66. The Hall–Kier alpha value is -0.0400. The van der Waals surface area contributed by atoms with Crippen LogP contribution in [0.25, 0.3) is 0 Å². The molecule has 3 rings (SSSR count). The predicted molar refractivity (Wildman–Crippen MR) is 54.4 cm³/mol. The molecular weight excluding hydrogens is 158 g/mol. The molecule has 0 aliphatic heterocycles. The molecule has 3 aliphatic rings. The van der Waals surface area contributed by atoms with Crippen molar-refractivity contribution in [2.75, 3.05) is 7.05 Å². The number of nitrogens with one attached hydrogen (secondary N) is 1. The lowest BCUT2D eigenvalue weighted by Gasteiger charge is -2.72. The smallest absolute Gasteiger partial charge is 0.00669 e. The summed E-state index contributed by atoms with van der Waals surface area (Å²) in [6.45, 7) is 4.81. The van der Waals surface area contributed by atoms with Crippen LogP contribution >= 0.6 is 0 Å². The van der Waals surface area contributed by atoms with Gasteiger partial charge in [-0.2, -0.15) is 0 Å². The van der Waals surface area contributed by atoms with Crippen LogP contribution in [0.3, 0.4) is 0 Å². The van der Waals surface area contributed by atoms with Crippen molar-refractivity contribution in [2.45, 2.75) is 32.7 Å². The zero-order valence-corrected chi connectivity index (χ0v) is 8.96. The predicted octanol–water partition coefficient (Wildman–Crippen LogP) is 2.13. The third kappa shape index (κ3) is 0.823. The van der Waals surface area contributed by atoms with Crippen molar-refractivity contribution in [1.82, 2.24) is 5.32 Å². The summed E-state index contributed by atoms with van der Waals surface area (Å²) in [5.74, 6) is 6.65. The lowest BCUT2D eigenvalue weighted by atomic mass is 9.33. The topological polar surface area (TPSA) is 12.0 Å². The van der Waals surface area contributed by atoms with Gasteiger partial charge in [0, 0.05) is 6.04 Å². The fourth-order valence-corrected chi connectivity index (χ4v) is 4.48. The van der Waals surface area contributed by atoms with Gasteiger partial charge in [0.25, 0.3) is 0 Å². The maximum atomic E-state index is 3.43. The minimum absolute atomic E-state index is 0.759. The fraction of sp³-hybridized carbons (Fsp3) is 1.00. The van der Waals surface area contributed by atoms with Gasteiger partial charge in [-0.1, -0.05) is 6.92 Å². The van der Waals surface area contributed by atoms with Crippen LogP contribution in [0, 0.1) is 35.5 Å². The molecule has 0 heterocycles. The van der Waals surface area contributed by atoms with Crippen molar-refractivity contribution < 1.29 is 0 Å². The summed E-state index contributed by atoms with van der Waals surface area (Å²) < 4.78 is 0. The molecule has 3 aliphatic carbocycles. The molecule has 1 N–H and O–H groups in total. The molecule has 7 atom stereocenters. The van der Waals surface area contributed by atoms with Gasteiger partial charge in [-0.15, -0.1) is 0 Å². The lowest BCUT2D eigenvalue weighted by Crippen LogP contribution is -2.68. The highest BCUT2D eigenvalue weighted by molar-refractivity contribution is 5.15. The summed E-state index contributed by atoms with van der Waals surface area (Å²) in [5, 5.41) is 3.43. The Morgan fingerprint density at radius 3 is 2.46 bits per heavy atom. The maximum Gasteiger partial charge on any atom is 0.00669 e. The largest absolute Gasteiger partial charge is 0.317 e. The maximum absolute atomic E-state index is 3.43. The fourth-order valence-electron chi connectivity index (χ4n) is 4.48. The number of fused-ring (bicyclic) bond motifs is 4. The molecule has 5 unspecified atom stereocenters. The Bertz CT molecular complexity index is 225. The minimum Gasteiger partial charge on any atom is -0.317 e. The van der Waals surface area contributed by atoms with E-state index < -0.39 is 0 Å². The molecule has 0 saturated heterocycles. The van der Waals surface area contributed by atoms with Gasteiger partial charge >= 0.3 is 0 Å². The second kappa shape index (κ2) is 2.50. The van der Waals surface area contributed by atoms with E-state index in [2.05, 4.69) is 26.2 Å². The summed E-state index contributed by atoms with van der Waals surface area (Å²) in [7, 11) is 2.11. The number of hydrogen-bond donors (Lipinski definition) is 1. The summed E-state index contributed by atoms with van der Waals surface area (Å²) in [6.07, 6.45) is 3.08. The highest BCUT2D eigenvalue weighted by Crippen LogP contribution is 2.71. The van der Waals surface area contributed by atoms with E-state index in [-0.39, 0.29) is 0 Å². The Labute approximate surface area is 81.3 Å². The normalized spacial score (nSPS) is 59.3. The monoisotopic (exact) mass is 179 g/mol. The molecule has 0 amide bonds. The van der Waals surface area contributed by atoms with Gasteiger partial charge in [0.1, 0.15) is 0 Å². The SMILES string of the molecule is CNC(C)C1C[C@@H]2C3C[C@H](C)C3C12. The van der Waals surface area contributed by atoms with Gasteiger partial charge in [-0.3, -0.25) is 0 Å².